The molecule has 0 bridgehead atoms. The zero-order valence-corrected chi connectivity index (χ0v) is 15.9. The van der Waals surface area contributed by atoms with Crippen LogP contribution in [-0.4, -0.2) is 36.2 Å². The van der Waals surface area contributed by atoms with Gasteiger partial charge in [-0.1, -0.05) is 0 Å². The van der Waals surface area contributed by atoms with E-state index in [2.05, 4.69) is 72.3 Å². The molecule has 2 N–H and O–H groups in total. The van der Waals surface area contributed by atoms with Gasteiger partial charge in [0.15, 0.2) is 0 Å². The van der Waals surface area contributed by atoms with Gasteiger partial charge in [0.2, 0.25) is 0 Å². The third-order valence-corrected chi connectivity index (χ3v) is 11.5. The fourth-order valence-corrected chi connectivity index (χ4v) is 11.5. The molecule has 2 aromatic heterocycles. The van der Waals surface area contributed by atoms with Crippen molar-refractivity contribution in [2.24, 2.45) is 0 Å². The van der Waals surface area contributed by atoms with Crippen LogP contribution in [0, 0.1) is 13.8 Å². The van der Waals surface area contributed by atoms with Crippen molar-refractivity contribution in [3.63, 3.8) is 0 Å². The SMILES string of the molecule is Cc1[nH]c2ccccc2c1[Se][Se]c1c(C)[nH]c2ccccc12. The molecule has 0 radical (unpaired) electrons. The van der Waals surface area contributed by atoms with Crippen molar-refractivity contribution in [2.45, 2.75) is 13.8 Å². The number of fused-ring (bicyclic) bond motifs is 2. The number of aromatic nitrogens is 2. The van der Waals surface area contributed by atoms with Gasteiger partial charge < -0.3 is 0 Å². The number of hydrogen-bond acceptors (Lipinski definition) is 0. The minimum absolute atomic E-state index is 0.492. The van der Waals surface area contributed by atoms with Crippen LogP contribution in [0.15, 0.2) is 48.5 Å². The Morgan fingerprint density at radius 2 is 1.05 bits per heavy atom. The summed E-state index contributed by atoms with van der Waals surface area (Å²) in [4.78, 5) is 7.05. The number of benzene rings is 2. The minimum atomic E-state index is 0.492. The van der Waals surface area contributed by atoms with Crippen LogP contribution < -0.4 is 8.92 Å². The molecular formula is C18H16N2Se2. The van der Waals surface area contributed by atoms with Crippen LogP contribution in [0.25, 0.3) is 21.8 Å². The van der Waals surface area contributed by atoms with Crippen molar-refractivity contribution in [3.8, 4) is 0 Å². The molecule has 0 aliphatic heterocycles. The quantitative estimate of drug-likeness (QED) is 0.480. The van der Waals surface area contributed by atoms with E-state index in [1.54, 1.807) is 0 Å². The Bertz CT molecular complexity index is 886. The summed E-state index contributed by atoms with van der Waals surface area (Å²) in [5.41, 5.74) is 5.20. The average molecular weight is 418 g/mol. The van der Waals surface area contributed by atoms with Gasteiger partial charge in [-0.2, -0.15) is 0 Å². The predicted molar refractivity (Wildman–Crippen MR) is 96.8 cm³/mol. The molecule has 110 valence electrons. The van der Waals surface area contributed by atoms with E-state index in [9.17, 15) is 0 Å². The molecule has 2 heterocycles. The van der Waals surface area contributed by atoms with Gasteiger partial charge in [-0.25, -0.2) is 0 Å². The van der Waals surface area contributed by atoms with E-state index in [1.807, 2.05) is 0 Å². The molecule has 0 aliphatic carbocycles. The van der Waals surface area contributed by atoms with Gasteiger partial charge in [0, 0.05) is 0 Å². The first-order valence-corrected chi connectivity index (χ1v) is 13.3. The molecule has 0 fully saturated rings. The summed E-state index contributed by atoms with van der Waals surface area (Å²) in [5.74, 6) is 0. The zero-order valence-electron chi connectivity index (χ0n) is 12.4. The molecule has 0 atom stereocenters. The summed E-state index contributed by atoms with van der Waals surface area (Å²) in [6.45, 7) is 4.41. The van der Waals surface area contributed by atoms with Crippen molar-refractivity contribution in [1.82, 2.24) is 9.97 Å². The van der Waals surface area contributed by atoms with Gasteiger partial charge in [0.25, 0.3) is 0 Å². The molecule has 0 amide bonds. The molecule has 4 aromatic rings. The number of H-pyrrole nitrogens is 2. The van der Waals surface area contributed by atoms with E-state index in [0.29, 0.717) is 26.3 Å². The summed E-state index contributed by atoms with van der Waals surface area (Å²) >= 11 is 0.985. The van der Waals surface area contributed by atoms with Gasteiger partial charge in [-0.15, -0.1) is 0 Å². The Kier molecular flexibility index (Phi) is 3.63. The molecule has 4 rings (SSSR count). The molecular weight excluding hydrogens is 402 g/mol. The normalized spacial score (nSPS) is 11.5. The molecule has 2 nitrogen and oxygen atoms in total. The topological polar surface area (TPSA) is 31.6 Å². The summed E-state index contributed by atoms with van der Waals surface area (Å²) < 4.78 is 3.07. The fourth-order valence-electron chi connectivity index (χ4n) is 2.80. The third-order valence-electron chi connectivity index (χ3n) is 3.88. The second-order valence-corrected chi connectivity index (χ2v) is 11.5. The molecule has 22 heavy (non-hydrogen) atoms. The first-order chi connectivity index (χ1) is 10.7. The Morgan fingerprint density at radius 3 is 1.50 bits per heavy atom. The van der Waals surface area contributed by atoms with Gasteiger partial charge >= 0.3 is 141 Å². The van der Waals surface area contributed by atoms with Crippen LogP contribution in [0.4, 0.5) is 0 Å². The van der Waals surface area contributed by atoms with Crippen molar-refractivity contribution < 1.29 is 0 Å². The maximum absolute atomic E-state index is 3.53. The second-order valence-electron chi connectivity index (χ2n) is 5.42. The van der Waals surface area contributed by atoms with E-state index in [1.165, 1.54) is 42.1 Å². The van der Waals surface area contributed by atoms with Crippen LogP contribution in [0.5, 0.6) is 0 Å². The van der Waals surface area contributed by atoms with Crippen LogP contribution in [0.2, 0.25) is 0 Å². The van der Waals surface area contributed by atoms with E-state index in [-0.39, 0.29) is 0 Å². The monoisotopic (exact) mass is 420 g/mol. The van der Waals surface area contributed by atoms with E-state index < -0.39 is 0 Å². The van der Waals surface area contributed by atoms with E-state index in [0.717, 1.165) is 0 Å². The molecule has 0 unspecified atom stereocenters. The van der Waals surface area contributed by atoms with Crippen molar-refractivity contribution in [1.29, 1.82) is 0 Å². The number of aryl methyl sites for hydroxylation is 2. The molecule has 0 spiro atoms. The van der Waals surface area contributed by atoms with Crippen molar-refractivity contribution in [3.05, 3.63) is 59.9 Å². The van der Waals surface area contributed by atoms with Gasteiger partial charge in [0.05, 0.1) is 0 Å². The third kappa shape index (κ3) is 2.33. The number of nitrogens with one attached hydrogen (secondary N) is 2. The molecule has 4 heteroatoms. The summed E-state index contributed by atoms with van der Waals surface area (Å²) in [6, 6.07) is 17.3. The Labute approximate surface area is 140 Å². The van der Waals surface area contributed by atoms with Crippen LogP contribution in [0.1, 0.15) is 11.4 Å². The molecule has 0 saturated carbocycles. The summed E-state index contributed by atoms with van der Waals surface area (Å²) in [5, 5.41) is 2.80. The first-order valence-electron chi connectivity index (χ1n) is 7.23. The van der Waals surface area contributed by atoms with Crippen LogP contribution in [0.3, 0.4) is 0 Å². The van der Waals surface area contributed by atoms with Crippen molar-refractivity contribution in [2.75, 3.05) is 0 Å². The van der Waals surface area contributed by atoms with Gasteiger partial charge in [-0.3, -0.25) is 0 Å². The standard InChI is InChI=1S/C18H16N2Se2/c1-11-17(13-7-3-5-9-15(13)19-11)21-22-18-12(2)20-16-10-6-4-8-14(16)18/h3-10,19-20H,1-2H3. The van der Waals surface area contributed by atoms with E-state index >= 15 is 0 Å². The molecule has 2 aromatic carbocycles. The summed E-state index contributed by atoms with van der Waals surface area (Å²) in [6.07, 6.45) is 0. The maximum atomic E-state index is 3.53. The number of rotatable bonds is 3. The Morgan fingerprint density at radius 1 is 0.636 bits per heavy atom. The summed E-state index contributed by atoms with van der Waals surface area (Å²) in [7, 11) is 0. The zero-order chi connectivity index (χ0) is 15.1. The van der Waals surface area contributed by atoms with Crippen LogP contribution in [-0.2, 0) is 0 Å². The predicted octanol–water partition coefficient (Wildman–Crippen LogP) is 2.54. The van der Waals surface area contributed by atoms with Gasteiger partial charge in [0.1, 0.15) is 0 Å². The molecule has 0 saturated heterocycles. The number of hydrogen-bond donors (Lipinski definition) is 2. The Balaban J connectivity index is 1.72. The average Bonchev–Trinajstić information content (AvgIpc) is 3.01. The van der Waals surface area contributed by atoms with E-state index in [4.69, 9.17) is 0 Å². The van der Waals surface area contributed by atoms with Gasteiger partial charge in [-0.05, 0) is 0 Å². The number of para-hydroxylation sites is 2. The van der Waals surface area contributed by atoms with Crippen molar-refractivity contribution >= 4 is 57.0 Å². The molecule has 0 aliphatic rings. The van der Waals surface area contributed by atoms with Crippen LogP contribution >= 0.6 is 0 Å². The second kappa shape index (κ2) is 5.64. The Hall–Kier alpha value is -1.44. The first kappa shape index (κ1) is 14.2. The number of aromatic amines is 2. The fraction of sp³-hybridized carbons (Fsp3) is 0.111.